The van der Waals surface area contributed by atoms with Gasteiger partial charge in [0.25, 0.3) is 5.91 Å². The Hall–Kier alpha value is -1.29. The highest BCUT2D eigenvalue weighted by Gasteiger charge is 2.32. The lowest BCUT2D eigenvalue weighted by Crippen LogP contribution is -2.38. The zero-order chi connectivity index (χ0) is 14.9. The van der Waals surface area contributed by atoms with Crippen molar-refractivity contribution in [2.75, 3.05) is 13.1 Å². The molecule has 0 unspecified atom stereocenters. The summed E-state index contributed by atoms with van der Waals surface area (Å²) in [4.78, 5) is 14.7. The molecule has 4 nitrogen and oxygen atoms in total. The summed E-state index contributed by atoms with van der Waals surface area (Å²) in [5.41, 5.74) is 0.702. The number of carbonyl (C=O) groups is 1. The summed E-state index contributed by atoms with van der Waals surface area (Å²) in [7, 11) is 0. The lowest BCUT2D eigenvalue weighted by Gasteiger charge is -2.30. The van der Waals surface area contributed by atoms with Crippen LogP contribution in [0, 0.1) is 5.41 Å². The molecule has 1 aliphatic rings. The molecule has 0 saturated carbocycles. The minimum Gasteiger partial charge on any atom is -0.393 e. The molecule has 1 aromatic heterocycles. The summed E-state index contributed by atoms with van der Waals surface area (Å²) in [6.07, 6.45) is 3.06. The van der Waals surface area contributed by atoms with E-state index in [4.69, 9.17) is 0 Å². The average Bonchev–Trinajstić information content (AvgIpc) is 2.76. The minimum absolute atomic E-state index is 0.0408. The highest BCUT2D eigenvalue weighted by molar-refractivity contribution is 5.92. The van der Waals surface area contributed by atoms with Crippen molar-refractivity contribution in [3.8, 4) is 0 Å². The van der Waals surface area contributed by atoms with E-state index in [2.05, 4.69) is 27.7 Å². The van der Waals surface area contributed by atoms with Crippen molar-refractivity contribution in [2.24, 2.45) is 5.41 Å². The number of rotatable bonds is 2. The zero-order valence-corrected chi connectivity index (χ0v) is 13.0. The van der Waals surface area contributed by atoms with Gasteiger partial charge in [-0.15, -0.1) is 0 Å². The molecule has 1 fully saturated rings. The number of aliphatic hydroxyl groups is 1. The highest BCUT2D eigenvalue weighted by atomic mass is 16.3. The number of aromatic nitrogens is 1. The van der Waals surface area contributed by atoms with E-state index in [-0.39, 0.29) is 23.5 Å². The number of nitrogens with zero attached hydrogens (tertiary/aromatic N) is 2. The maximum atomic E-state index is 12.8. The van der Waals surface area contributed by atoms with E-state index in [9.17, 15) is 9.90 Å². The second kappa shape index (κ2) is 5.60. The molecule has 112 valence electrons. The van der Waals surface area contributed by atoms with Crippen LogP contribution in [-0.2, 0) is 0 Å². The molecule has 2 heterocycles. The van der Waals surface area contributed by atoms with Gasteiger partial charge < -0.3 is 14.6 Å². The highest BCUT2D eigenvalue weighted by Crippen LogP contribution is 2.29. The predicted molar refractivity (Wildman–Crippen MR) is 79.7 cm³/mol. The fraction of sp³-hybridized carbons (Fsp3) is 0.688. The molecule has 1 N–H and O–H groups in total. The fourth-order valence-electron chi connectivity index (χ4n) is 3.07. The molecule has 1 amide bonds. The largest absolute Gasteiger partial charge is 0.393 e. The van der Waals surface area contributed by atoms with E-state index in [1.807, 2.05) is 27.8 Å². The smallest absolute Gasteiger partial charge is 0.270 e. The van der Waals surface area contributed by atoms with Crippen molar-refractivity contribution in [3.63, 3.8) is 0 Å². The Morgan fingerprint density at radius 2 is 2.15 bits per heavy atom. The maximum Gasteiger partial charge on any atom is 0.270 e. The van der Waals surface area contributed by atoms with Crippen LogP contribution in [0.2, 0.25) is 0 Å². The number of likely N-dealkylation sites (tertiary alicyclic amines) is 1. The Kier molecular flexibility index (Phi) is 4.23. The van der Waals surface area contributed by atoms with Gasteiger partial charge in [-0.1, -0.05) is 13.8 Å². The van der Waals surface area contributed by atoms with Gasteiger partial charge in [0.1, 0.15) is 5.69 Å². The molecular weight excluding hydrogens is 252 g/mol. The molecule has 0 aliphatic carbocycles. The van der Waals surface area contributed by atoms with Crippen molar-refractivity contribution in [2.45, 2.75) is 52.7 Å². The molecule has 20 heavy (non-hydrogen) atoms. The van der Waals surface area contributed by atoms with E-state index < -0.39 is 0 Å². The third kappa shape index (κ3) is 3.23. The Morgan fingerprint density at radius 1 is 1.45 bits per heavy atom. The Morgan fingerprint density at radius 3 is 2.80 bits per heavy atom. The summed E-state index contributed by atoms with van der Waals surface area (Å²) in [5.74, 6) is 0.0749. The molecule has 1 atom stereocenters. The molecule has 0 bridgehead atoms. The Balaban J connectivity index is 2.21. The van der Waals surface area contributed by atoms with Gasteiger partial charge in [-0.3, -0.25) is 4.79 Å². The molecule has 0 aromatic carbocycles. The van der Waals surface area contributed by atoms with Crippen LogP contribution in [0.5, 0.6) is 0 Å². The number of amides is 1. The van der Waals surface area contributed by atoms with Gasteiger partial charge >= 0.3 is 0 Å². The van der Waals surface area contributed by atoms with Crippen molar-refractivity contribution in [1.29, 1.82) is 0 Å². The summed E-state index contributed by atoms with van der Waals surface area (Å²) in [6, 6.07) is 4.08. The quantitative estimate of drug-likeness (QED) is 0.904. The molecule has 4 heteroatoms. The van der Waals surface area contributed by atoms with Crippen LogP contribution < -0.4 is 0 Å². The normalized spacial score (nSPS) is 22.9. The van der Waals surface area contributed by atoms with Crippen molar-refractivity contribution in [1.82, 2.24) is 9.47 Å². The van der Waals surface area contributed by atoms with Crippen molar-refractivity contribution >= 4 is 5.91 Å². The van der Waals surface area contributed by atoms with Crippen LogP contribution in [-0.4, -0.2) is 39.7 Å². The van der Waals surface area contributed by atoms with Gasteiger partial charge in [0.2, 0.25) is 0 Å². The van der Waals surface area contributed by atoms with Crippen LogP contribution in [0.25, 0.3) is 0 Å². The van der Waals surface area contributed by atoms with Gasteiger partial charge in [0.05, 0.1) is 6.10 Å². The summed E-state index contributed by atoms with van der Waals surface area (Å²) in [6.45, 7) is 9.71. The third-order valence-corrected chi connectivity index (χ3v) is 3.98. The second-order valence-electron chi connectivity index (χ2n) is 6.93. The van der Waals surface area contributed by atoms with E-state index in [0.717, 1.165) is 12.1 Å². The van der Waals surface area contributed by atoms with Crippen molar-refractivity contribution < 1.29 is 9.90 Å². The molecule has 0 radical (unpaired) electrons. The number of aliphatic hydroxyl groups excluding tert-OH is 1. The van der Waals surface area contributed by atoms with E-state index in [1.54, 1.807) is 0 Å². The number of carbonyl (C=O) groups excluding carboxylic acids is 1. The van der Waals surface area contributed by atoms with Crippen LogP contribution in [0.15, 0.2) is 18.3 Å². The van der Waals surface area contributed by atoms with Crippen molar-refractivity contribution in [3.05, 3.63) is 24.0 Å². The summed E-state index contributed by atoms with van der Waals surface area (Å²) >= 11 is 0. The van der Waals surface area contributed by atoms with Crippen LogP contribution in [0.1, 0.15) is 57.1 Å². The van der Waals surface area contributed by atoms with Gasteiger partial charge in [-0.2, -0.15) is 0 Å². The zero-order valence-electron chi connectivity index (χ0n) is 13.0. The van der Waals surface area contributed by atoms with Gasteiger partial charge in [0.15, 0.2) is 0 Å². The lowest BCUT2D eigenvalue weighted by atomic mass is 9.87. The Labute approximate surface area is 121 Å². The first kappa shape index (κ1) is 15.1. The van der Waals surface area contributed by atoms with Crippen LogP contribution >= 0.6 is 0 Å². The maximum absolute atomic E-state index is 12.8. The van der Waals surface area contributed by atoms with Gasteiger partial charge in [0, 0.05) is 25.3 Å². The third-order valence-electron chi connectivity index (χ3n) is 3.98. The van der Waals surface area contributed by atoms with Crippen LogP contribution in [0.4, 0.5) is 0 Å². The standard InChI is InChI=1S/C16H26N2O2/c1-12(2)18-8-5-6-14(18)15(20)17-9-7-13(19)10-16(3,4)11-17/h5-6,8,12-13,19H,7,9-11H2,1-4H3/t13-/m1/s1. The number of hydrogen-bond donors (Lipinski definition) is 1. The summed E-state index contributed by atoms with van der Waals surface area (Å²) < 4.78 is 2.01. The first-order valence-electron chi connectivity index (χ1n) is 7.44. The Bertz CT molecular complexity index is 477. The minimum atomic E-state index is -0.306. The fourth-order valence-corrected chi connectivity index (χ4v) is 3.07. The summed E-state index contributed by atoms with van der Waals surface area (Å²) in [5, 5.41) is 9.95. The molecule has 1 saturated heterocycles. The predicted octanol–water partition coefficient (Wildman–Crippen LogP) is 2.69. The second-order valence-corrected chi connectivity index (χ2v) is 6.93. The topological polar surface area (TPSA) is 45.5 Å². The van der Waals surface area contributed by atoms with E-state index >= 15 is 0 Å². The first-order valence-corrected chi connectivity index (χ1v) is 7.44. The number of hydrogen-bond acceptors (Lipinski definition) is 2. The monoisotopic (exact) mass is 278 g/mol. The molecule has 2 rings (SSSR count). The van der Waals surface area contributed by atoms with Gasteiger partial charge in [-0.25, -0.2) is 0 Å². The lowest BCUT2D eigenvalue weighted by molar-refractivity contribution is 0.0692. The first-order chi connectivity index (χ1) is 9.30. The molecular formula is C16H26N2O2. The van der Waals surface area contributed by atoms with Gasteiger partial charge in [-0.05, 0) is 44.2 Å². The molecule has 0 spiro atoms. The average molecular weight is 278 g/mol. The van der Waals surface area contributed by atoms with E-state index in [1.165, 1.54) is 0 Å². The molecule has 1 aromatic rings. The van der Waals surface area contributed by atoms with Crippen LogP contribution in [0.3, 0.4) is 0 Å². The van der Waals surface area contributed by atoms with E-state index in [0.29, 0.717) is 19.5 Å². The molecule has 1 aliphatic heterocycles. The SMILES string of the molecule is CC(C)n1cccc1C(=O)N1CC[C@@H](O)CC(C)(C)C1.